The molecule has 24 heavy (non-hydrogen) atoms. The molecule has 0 spiro atoms. The number of carbonyl (C=O) groups is 1. The van der Waals surface area contributed by atoms with Gasteiger partial charge in [-0.2, -0.15) is 5.10 Å². The van der Waals surface area contributed by atoms with E-state index >= 15 is 0 Å². The maximum absolute atomic E-state index is 12.5. The summed E-state index contributed by atoms with van der Waals surface area (Å²) in [5, 5.41) is 7.37. The number of hydrogen-bond acceptors (Lipinski definition) is 3. The van der Waals surface area contributed by atoms with E-state index < -0.39 is 0 Å². The van der Waals surface area contributed by atoms with E-state index in [2.05, 4.69) is 15.4 Å². The van der Waals surface area contributed by atoms with Crippen molar-refractivity contribution in [2.75, 3.05) is 0 Å². The molecule has 0 saturated carbocycles. The van der Waals surface area contributed by atoms with Gasteiger partial charge in [0.25, 0.3) is 5.91 Å². The monoisotopic (exact) mass is 320 g/mol. The third-order valence-corrected chi connectivity index (χ3v) is 3.97. The van der Waals surface area contributed by atoms with Crippen LogP contribution in [0.4, 0.5) is 0 Å². The van der Waals surface area contributed by atoms with Gasteiger partial charge in [-0.05, 0) is 36.6 Å². The Morgan fingerprint density at radius 2 is 2.00 bits per heavy atom. The molecule has 5 heteroatoms. The number of pyridine rings is 1. The van der Waals surface area contributed by atoms with Gasteiger partial charge in [-0.15, -0.1) is 0 Å². The van der Waals surface area contributed by atoms with Crippen molar-refractivity contribution in [3.05, 3.63) is 77.4 Å². The molecule has 0 aliphatic carbocycles. The highest BCUT2D eigenvalue weighted by Crippen LogP contribution is 2.18. The molecule has 1 amide bonds. The van der Waals surface area contributed by atoms with E-state index in [4.69, 9.17) is 0 Å². The maximum atomic E-state index is 12.5. The summed E-state index contributed by atoms with van der Waals surface area (Å²) >= 11 is 0. The molecule has 0 radical (unpaired) electrons. The van der Waals surface area contributed by atoms with Crippen molar-refractivity contribution in [2.24, 2.45) is 0 Å². The number of rotatable bonds is 5. The van der Waals surface area contributed by atoms with E-state index in [0.29, 0.717) is 12.1 Å². The van der Waals surface area contributed by atoms with Crippen LogP contribution in [0.25, 0.3) is 5.69 Å². The average molecular weight is 320 g/mol. The third-order valence-electron chi connectivity index (χ3n) is 3.97. The van der Waals surface area contributed by atoms with E-state index in [0.717, 1.165) is 28.9 Å². The van der Waals surface area contributed by atoms with Crippen molar-refractivity contribution < 1.29 is 4.79 Å². The van der Waals surface area contributed by atoms with Crippen LogP contribution >= 0.6 is 0 Å². The molecule has 3 rings (SSSR count). The fourth-order valence-corrected chi connectivity index (χ4v) is 2.69. The number of carbonyl (C=O) groups excluding carboxylic acids is 1. The van der Waals surface area contributed by atoms with Gasteiger partial charge in [0.2, 0.25) is 0 Å². The van der Waals surface area contributed by atoms with E-state index in [1.807, 2.05) is 54.9 Å². The number of nitrogens with zero attached hydrogens (tertiary/aromatic N) is 3. The van der Waals surface area contributed by atoms with Gasteiger partial charge in [0.1, 0.15) is 0 Å². The van der Waals surface area contributed by atoms with Crippen molar-refractivity contribution in [3.8, 4) is 5.69 Å². The van der Waals surface area contributed by atoms with E-state index in [1.54, 1.807) is 18.6 Å². The van der Waals surface area contributed by atoms with Crippen LogP contribution < -0.4 is 5.32 Å². The second-order valence-electron chi connectivity index (χ2n) is 5.60. The minimum Gasteiger partial charge on any atom is -0.348 e. The summed E-state index contributed by atoms with van der Waals surface area (Å²) in [5.41, 5.74) is 4.62. The maximum Gasteiger partial charge on any atom is 0.255 e. The fraction of sp³-hybridized carbons (Fsp3) is 0.211. The molecule has 0 bridgehead atoms. The quantitative estimate of drug-likeness (QED) is 0.786. The molecule has 1 aromatic carbocycles. The van der Waals surface area contributed by atoms with Gasteiger partial charge in [0.05, 0.1) is 23.1 Å². The first-order chi connectivity index (χ1) is 11.7. The standard InChI is InChI=1S/C19H20N4O/c1-3-17-16(19(24)21-12-15-8-6-10-20-11-15)13-22-23(17)18-9-5-4-7-14(18)2/h4-11,13H,3,12H2,1-2H3,(H,21,24). The number of amides is 1. The van der Waals surface area contributed by atoms with Crippen LogP contribution in [-0.2, 0) is 13.0 Å². The van der Waals surface area contributed by atoms with Crippen LogP contribution in [-0.4, -0.2) is 20.7 Å². The Bertz CT molecular complexity index is 840. The normalized spacial score (nSPS) is 10.6. The molecule has 0 saturated heterocycles. The van der Waals surface area contributed by atoms with Gasteiger partial charge in [0.15, 0.2) is 0 Å². The van der Waals surface area contributed by atoms with Crippen molar-refractivity contribution in [3.63, 3.8) is 0 Å². The molecule has 2 heterocycles. The minimum absolute atomic E-state index is 0.115. The lowest BCUT2D eigenvalue weighted by Crippen LogP contribution is -2.23. The van der Waals surface area contributed by atoms with Gasteiger partial charge in [-0.25, -0.2) is 4.68 Å². The zero-order chi connectivity index (χ0) is 16.9. The van der Waals surface area contributed by atoms with Gasteiger partial charge in [-0.3, -0.25) is 9.78 Å². The molecule has 0 aliphatic rings. The summed E-state index contributed by atoms with van der Waals surface area (Å²) < 4.78 is 1.86. The highest BCUT2D eigenvalue weighted by molar-refractivity contribution is 5.95. The molecule has 2 aromatic heterocycles. The molecular weight excluding hydrogens is 300 g/mol. The van der Waals surface area contributed by atoms with Gasteiger partial charge in [0, 0.05) is 18.9 Å². The Labute approximate surface area is 141 Å². The summed E-state index contributed by atoms with van der Waals surface area (Å²) in [5.74, 6) is -0.115. The molecule has 122 valence electrons. The lowest BCUT2D eigenvalue weighted by Gasteiger charge is -2.10. The zero-order valence-corrected chi connectivity index (χ0v) is 13.9. The summed E-state index contributed by atoms with van der Waals surface area (Å²) in [6.07, 6.45) is 5.83. The first-order valence-electron chi connectivity index (χ1n) is 8.00. The molecule has 1 N–H and O–H groups in total. The number of aryl methyl sites for hydroxylation is 1. The van der Waals surface area contributed by atoms with E-state index in [9.17, 15) is 4.79 Å². The zero-order valence-electron chi connectivity index (χ0n) is 13.9. The van der Waals surface area contributed by atoms with Crippen molar-refractivity contribution in [1.29, 1.82) is 0 Å². The number of para-hydroxylation sites is 1. The summed E-state index contributed by atoms with van der Waals surface area (Å²) in [6.45, 7) is 4.52. The lowest BCUT2D eigenvalue weighted by molar-refractivity contribution is 0.0950. The van der Waals surface area contributed by atoms with Crippen LogP contribution in [0.2, 0.25) is 0 Å². The first kappa shape index (κ1) is 15.9. The molecule has 5 nitrogen and oxygen atoms in total. The molecule has 3 aromatic rings. The number of nitrogens with one attached hydrogen (secondary N) is 1. The average Bonchev–Trinajstić information content (AvgIpc) is 3.05. The predicted octanol–water partition coefficient (Wildman–Crippen LogP) is 3.07. The van der Waals surface area contributed by atoms with Crippen molar-refractivity contribution in [1.82, 2.24) is 20.1 Å². The third kappa shape index (κ3) is 3.20. The minimum atomic E-state index is -0.115. The van der Waals surface area contributed by atoms with E-state index in [1.165, 1.54) is 0 Å². The molecule has 0 unspecified atom stereocenters. The van der Waals surface area contributed by atoms with Crippen molar-refractivity contribution in [2.45, 2.75) is 26.8 Å². The summed E-state index contributed by atoms with van der Waals surface area (Å²) in [6, 6.07) is 11.8. The van der Waals surface area contributed by atoms with Crippen LogP contribution in [0.5, 0.6) is 0 Å². The smallest absolute Gasteiger partial charge is 0.255 e. The second-order valence-corrected chi connectivity index (χ2v) is 5.60. The van der Waals surface area contributed by atoms with Crippen LogP contribution in [0, 0.1) is 6.92 Å². The van der Waals surface area contributed by atoms with Gasteiger partial charge >= 0.3 is 0 Å². The molecule has 0 aliphatic heterocycles. The van der Waals surface area contributed by atoms with Gasteiger partial charge < -0.3 is 5.32 Å². The topological polar surface area (TPSA) is 59.8 Å². The first-order valence-corrected chi connectivity index (χ1v) is 8.00. The van der Waals surface area contributed by atoms with Crippen LogP contribution in [0.1, 0.15) is 34.1 Å². The molecule has 0 fully saturated rings. The number of hydrogen-bond donors (Lipinski definition) is 1. The van der Waals surface area contributed by atoms with Crippen LogP contribution in [0.15, 0.2) is 55.0 Å². The summed E-state index contributed by atoms with van der Waals surface area (Å²) in [4.78, 5) is 16.6. The Morgan fingerprint density at radius 3 is 2.71 bits per heavy atom. The second kappa shape index (κ2) is 7.08. The highest BCUT2D eigenvalue weighted by atomic mass is 16.1. The van der Waals surface area contributed by atoms with Crippen molar-refractivity contribution >= 4 is 5.91 Å². The molecule has 0 atom stereocenters. The summed E-state index contributed by atoms with van der Waals surface area (Å²) in [7, 11) is 0. The Balaban J connectivity index is 1.84. The number of benzene rings is 1. The fourth-order valence-electron chi connectivity index (χ4n) is 2.69. The molecular formula is C19H20N4O. The lowest BCUT2D eigenvalue weighted by atomic mass is 10.1. The number of aromatic nitrogens is 3. The van der Waals surface area contributed by atoms with E-state index in [-0.39, 0.29) is 5.91 Å². The van der Waals surface area contributed by atoms with Crippen LogP contribution in [0.3, 0.4) is 0 Å². The Morgan fingerprint density at radius 1 is 1.17 bits per heavy atom. The SMILES string of the molecule is CCc1c(C(=O)NCc2cccnc2)cnn1-c1ccccc1C. The largest absolute Gasteiger partial charge is 0.348 e. The predicted molar refractivity (Wildman–Crippen MR) is 93.1 cm³/mol. The highest BCUT2D eigenvalue weighted by Gasteiger charge is 2.17. The Kier molecular flexibility index (Phi) is 4.70. The Hall–Kier alpha value is -2.95. The van der Waals surface area contributed by atoms with Gasteiger partial charge in [-0.1, -0.05) is 31.2 Å².